The Bertz CT molecular complexity index is 623. The van der Waals surface area contributed by atoms with Crippen LogP contribution in [-0.4, -0.2) is 53.3 Å². The minimum Gasteiger partial charge on any atom is -0.378 e. The zero-order valence-corrected chi connectivity index (χ0v) is 14.8. The third-order valence-corrected chi connectivity index (χ3v) is 4.67. The van der Waals surface area contributed by atoms with Crippen molar-refractivity contribution in [2.24, 2.45) is 0 Å². The van der Waals surface area contributed by atoms with E-state index in [-0.39, 0.29) is 23.7 Å². The first-order valence-corrected chi connectivity index (χ1v) is 8.93. The van der Waals surface area contributed by atoms with E-state index in [1.165, 1.54) is 12.8 Å². The smallest absolute Gasteiger partial charge is 0.353 e. The number of morpholine rings is 1. The fourth-order valence-corrected chi connectivity index (χ4v) is 3.61. The van der Waals surface area contributed by atoms with Gasteiger partial charge < -0.3 is 20.3 Å². The molecule has 0 saturated carbocycles. The van der Waals surface area contributed by atoms with Crippen molar-refractivity contribution in [3.63, 3.8) is 0 Å². The summed E-state index contributed by atoms with van der Waals surface area (Å²) in [5, 5.41) is 11.6. The van der Waals surface area contributed by atoms with Crippen molar-refractivity contribution in [1.82, 2.24) is 9.97 Å². The molecule has 3 heterocycles. The first-order chi connectivity index (χ1) is 12.0. The van der Waals surface area contributed by atoms with E-state index in [0.29, 0.717) is 24.9 Å². The van der Waals surface area contributed by atoms with Crippen molar-refractivity contribution in [2.75, 3.05) is 41.7 Å². The first-order valence-electron chi connectivity index (χ1n) is 8.93. The number of nitrogen functional groups attached to an aromatic ring is 1. The maximum absolute atomic E-state index is 11.6. The van der Waals surface area contributed by atoms with Crippen LogP contribution in [0.1, 0.15) is 39.5 Å². The molecule has 9 nitrogen and oxygen atoms in total. The van der Waals surface area contributed by atoms with Gasteiger partial charge in [0.25, 0.3) is 0 Å². The molecule has 0 amide bonds. The van der Waals surface area contributed by atoms with Gasteiger partial charge in [-0.3, -0.25) is 10.1 Å². The predicted molar refractivity (Wildman–Crippen MR) is 96.0 cm³/mol. The monoisotopic (exact) mass is 350 g/mol. The fourth-order valence-electron chi connectivity index (χ4n) is 3.61. The average molecular weight is 350 g/mol. The van der Waals surface area contributed by atoms with Crippen molar-refractivity contribution < 1.29 is 9.66 Å². The largest absolute Gasteiger partial charge is 0.378 e. The molecule has 2 N–H and O–H groups in total. The van der Waals surface area contributed by atoms with Crippen LogP contribution >= 0.6 is 0 Å². The van der Waals surface area contributed by atoms with Gasteiger partial charge in [0.15, 0.2) is 0 Å². The summed E-state index contributed by atoms with van der Waals surface area (Å²) in [6.07, 6.45) is 4.46. The molecule has 25 heavy (non-hydrogen) atoms. The van der Waals surface area contributed by atoms with Crippen molar-refractivity contribution in [3.05, 3.63) is 10.1 Å². The minimum atomic E-state index is -0.484. The van der Waals surface area contributed by atoms with E-state index >= 15 is 0 Å². The van der Waals surface area contributed by atoms with Crippen molar-refractivity contribution in [3.8, 4) is 0 Å². The maximum Gasteiger partial charge on any atom is 0.353 e. The molecule has 1 aromatic heterocycles. The topological polar surface area (TPSA) is 111 Å². The number of anilines is 3. The molecule has 138 valence electrons. The van der Waals surface area contributed by atoms with Gasteiger partial charge in [-0.1, -0.05) is 12.8 Å². The molecule has 0 aromatic carbocycles. The molecule has 0 radical (unpaired) electrons. The predicted octanol–water partition coefficient (Wildman–Crippen LogP) is 1.96. The summed E-state index contributed by atoms with van der Waals surface area (Å²) in [6.45, 7) is 6.70. The highest BCUT2D eigenvalue weighted by molar-refractivity contribution is 5.71. The number of hydrogen-bond acceptors (Lipinski definition) is 8. The number of ether oxygens (including phenoxy) is 1. The molecule has 2 aliphatic rings. The molecule has 0 unspecified atom stereocenters. The van der Waals surface area contributed by atoms with Gasteiger partial charge in [-0.25, -0.2) is 0 Å². The molecular formula is C16H26N6O3. The van der Waals surface area contributed by atoms with Crippen LogP contribution in [0, 0.1) is 10.1 Å². The Morgan fingerprint density at radius 3 is 2.24 bits per heavy atom. The summed E-state index contributed by atoms with van der Waals surface area (Å²) in [5.41, 5.74) is 5.76. The lowest BCUT2D eigenvalue weighted by Crippen LogP contribution is -2.46. The van der Waals surface area contributed by atoms with E-state index in [2.05, 4.69) is 14.9 Å². The molecule has 3 rings (SSSR count). The van der Waals surface area contributed by atoms with Gasteiger partial charge in [-0.05, 0) is 26.7 Å². The Labute approximate surface area is 147 Å². The van der Waals surface area contributed by atoms with Crippen LogP contribution in [0.3, 0.4) is 0 Å². The summed E-state index contributed by atoms with van der Waals surface area (Å²) in [5.74, 6) is 0.728. The van der Waals surface area contributed by atoms with Crippen LogP contribution in [0.25, 0.3) is 0 Å². The molecule has 0 spiro atoms. The highest BCUT2D eigenvalue weighted by Gasteiger charge is 2.32. The number of nitrogens with zero attached hydrogens (tertiary/aromatic N) is 5. The van der Waals surface area contributed by atoms with Crippen molar-refractivity contribution in [2.45, 2.75) is 51.7 Å². The average Bonchev–Trinajstić information content (AvgIpc) is 2.82. The molecule has 1 aromatic rings. The van der Waals surface area contributed by atoms with E-state index in [1.807, 2.05) is 18.7 Å². The van der Waals surface area contributed by atoms with Crippen molar-refractivity contribution >= 4 is 23.3 Å². The SMILES string of the molecule is C[C@@H]1CN(c2nc(N3CCCCCC3)nc(N)c2[N+](=O)[O-])C[C@@H](C)O1. The van der Waals surface area contributed by atoms with Crippen LogP contribution in [-0.2, 0) is 4.74 Å². The second kappa shape index (κ2) is 7.38. The number of rotatable bonds is 3. The summed E-state index contributed by atoms with van der Waals surface area (Å²) in [7, 11) is 0. The van der Waals surface area contributed by atoms with Crippen molar-refractivity contribution in [1.29, 1.82) is 0 Å². The van der Waals surface area contributed by atoms with Crippen LogP contribution < -0.4 is 15.5 Å². The van der Waals surface area contributed by atoms with E-state index in [0.717, 1.165) is 25.9 Å². The molecule has 2 aliphatic heterocycles. The number of nitro groups is 1. The van der Waals surface area contributed by atoms with Crippen LogP contribution in [0.15, 0.2) is 0 Å². The van der Waals surface area contributed by atoms with E-state index in [4.69, 9.17) is 10.5 Å². The zero-order valence-electron chi connectivity index (χ0n) is 14.8. The van der Waals surface area contributed by atoms with Crippen LogP contribution in [0.4, 0.5) is 23.3 Å². The lowest BCUT2D eigenvalue weighted by atomic mass is 10.2. The standard InChI is InChI=1S/C16H26N6O3/c1-11-9-21(10-12(2)25-11)15-13(22(23)24)14(17)18-16(19-15)20-7-5-3-4-6-8-20/h11-12H,3-10H2,1-2H3,(H2,17,18,19)/t11-,12-/m1/s1. The zero-order chi connectivity index (χ0) is 18.0. The highest BCUT2D eigenvalue weighted by atomic mass is 16.6. The third kappa shape index (κ3) is 3.92. The molecule has 2 atom stereocenters. The Morgan fingerprint density at radius 2 is 1.68 bits per heavy atom. The molecule has 9 heteroatoms. The van der Waals surface area contributed by atoms with E-state index in [9.17, 15) is 10.1 Å². The Balaban J connectivity index is 1.99. The Morgan fingerprint density at radius 1 is 1.08 bits per heavy atom. The maximum atomic E-state index is 11.6. The minimum absolute atomic E-state index is 0.0267. The van der Waals surface area contributed by atoms with Gasteiger partial charge in [0, 0.05) is 26.2 Å². The summed E-state index contributed by atoms with van der Waals surface area (Å²) in [6, 6.07) is 0. The second-order valence-electron chi connectivity index (χ2n) is 6.90. The van der Waals surface area contributed by atoms with Crippen LogP contribution in [0.2, 0.25) is 0 Å². The van der Waals surface area contributed by atoms with Crippen LogP contribution in [0.5, 0.6) is 0 Å². The normalized spacial score (nSPS) is 24.9. The second-order valence-corrected chi connectivity index (χ2v) is 6.90. The number of aromatic nitrogens is 2. The van der Waals surface area contributed by atoms with E-state index < -0.39 is 4.92 Å². The highest BCUT2D eigenvalue weighted by Crippen LogP contribution is 2.34. The lowest BCUT2D eigenvalue weighted by molar-refractivity contribution is -0.383. The van der Waals surface area contributed by atoms with E-state index in [1.54, 1.807) is 0 Å². The number of hydrogen-bond donors (Lipinski definition) is 1. The van der Waals surface area contributed by atoms with Gasteiger partial charge >= 0.3 is 5.69 Å². The molecule has 2 fully saturated rings. The van der Waals surface area contributed by atoms with Gasteiger partial charge in [0.1, 0.15) is 0 Å². The third-order valence-electron chi connectivity index (χ3n) is 4.67. The Hall–Kier alpha value is -2.16. The molecule has 0 aliphatic carbocycles. The summed E-state index contributed by atoms with van der Waals surface area (Å²) < 4.78 is 5.73. The first kappa shape index (κ1) is 17.7. The molecule has 2 saturated heterocycles. The Kier molecular flexibility index (Phi) is 5.22. The van der Waals surface area contributed by atoms with Gasteiger partial charge in [-0.15, -0.1) is 0 Å². The molecule has 0 bridgehead atoms. The van der Waals surface area contributed by atoms with Gasteiger partial charge in [0.05, 0.1) is 17.1 Å². The summed E-state index contributed by atoms with van der Waals surface area (Å²) in [4.78, 5) is 23.9. The quantitative estimate of drug-likeness (QED) is 0.650. The number of nitrogens with two attached hydrogens (primary N) is 1. The van der Waals surface area contributed by atoms with Gasteiger partial charge in [0.2, 0.25) is 17.6 Å². The van der Waals surface area contributed by atoms with Gasteiger partial charge in [-0.2, -0.15) is 9.97 Å². The summed E-state index contributed by atoms with van der Waals surface area (Å²) >= 11 is 0. The lowest BCUT2D eigenvalue weighted by Gasteiger charge is -2.36. The fraction of sp³-hybridized carbons (Fsp3) is 0.750. The molecular weight excluding hydrogens is 324 g/mol.